The van der Waals surface area contributed by atoms with Gasteiger partial charge in [-0.3, -0.25) is 4.90 Å². The van der Waals surface area contributed by atoms with E-state index in [1.807, 2.05) is 42.5 Å². The van der Waals surface area contributed by atoms with Gasteiger partial charge in [-0.05, 0) is 72.1 Å². The van der Waals surface area contributed by atoms with E-state index in [9.17, 15) is 4.79 Å². The quantitative estimate of drug-likeness (QED) is 0.405. The summed E-state index contributed by atoms with van der Waals surface area (Å²) in [5.41, 5.74) is 4.09. The van der Waals surface area contributed by atoms with Crippen LogP contribution in [0.15, 0.2) is 66.7 Å². The van der Waals surface area contributed by atoms with Crippen molar-refractivity contribution >= 4 is 28.6 Å². The van der Waals surface area contributed by atoms with E-state index in [-0.39, 0.29) is 6.04 Å². The standard InChI is InChI=1S/C26H23ClN2O4/c1-31-18-6-3-16(4-7-18)25-24-21(22-15-17(27)5-12-23(22)28-24)13-14-29(25)26(30)33-20-10-8-19(32-2)9-11-20/h3-12,15,25,28H,13-14H2,1-2H3. The van der Waals surface area contributed by atoms with E-state index in [0.717, 1.165) is 27.9 Å². The lowest BCUT2D eigenvalue weighted by Gasteiger charge is -2.35. The maximum absolute atomic E-state index is 13.3. The number of H-pyrrole nitrogens is 1. The molecule has 1 aliphatic rings. The van der Waals surface area contributed by atoms with Crippen molar-refractivity contribution in [2.45, 2.75) is 12.5 Å². The third-order valence-corrected chi connectivity index (χ3v) is 6.25. The lowest BCUT2D eigenvalue weighted by Crippen LogP contribution is -2.42. The number of aromatic nitrogens is 1. The Morgan fingerprint density at radius 3 is 2.24 bits per heavy atom. The van der Waals surface area contributed by atoms with E-state index in [1.165, 1.54) is 5.56 Å². The molecule has 2 heterocycles. The number of amides is 1. The summed E-state index contributed by atoms with van der Waals surface area (Å²) in [6.45, 7) is 0.512. The number of ether oxygens (including phenoxy) is 3. The van der Waals surface area contributed by atoms with Crippen molar-refractivity contribution in [1.29, 1.82) is 0 Å². The Morgan fingerprint density at radius 1 is 0.939 bits per heavy atom. The van der Waals surface area contributed by atoms with Crippen molar-refractivity contribution < 1.29 is 19.0 Å². The van der Waals surface area contributed by atoms with E-state index in [0.29, 0.717) is 29.5 Å². The number of aromatic amines is 1. The summed E-state index contributed by atoms with van der Waals surface area (Å²) in [6.07, 6.45) is 0.281. The maximum Gasteiger partial charge on any atom is 0.416 e. The van der Waals surface area contributed by atoms with Crippen molar-refractivity contribution in [3.63, 3.8) is 0 Å². The van der Waals surface area contributed by atoms with Gasteiger partial charge < -0.3 is 19.2 Å². The molecule has 0 fully saturated rings. The zero-order valence-electron chi connectivity index (χ0n) is 18.3. The first kappa shape index (κ1) is 21.2. The third kappa shape index (κ3) is 3.98. The van der Waals surface area contributed by atoms with E-state index < -0.39 is 6.09 Å². The van der Waals surface area contributed by atoms with Crippen molar-refractivity contribution in [1.82, 2.24) is 9.88 Å². The molecule has 168 valence electrons. The fraction of sp³-hybridized carbons (Fsp3) is 0.192. The predicted octanol–water partition coefficient (Wildman–Crippen LogP) is 5.99. The highest BCUT2D eigenvalue weighted by Gasteiger charge is 2.35. The average molecular weight is 463 g/mol. The molecular weight excluding hydrogens is 440 g/mol. The van der Waals surface area contributed by atoms with Gasteiger partial charge in [0.05, 0.1) is 14.2 Å². The van der Waals surface area contributed by atoms with Crippen LogP contribution in [0.1, 0.15) is 22.9 Å². The van der Waals surface area contributed by atoms with Crippen LogP contribution < -0.4 is 14.2 Å². The lowest BCUT2D eigenvalue weighted by atomic mass is 9.92. The monoisotopic (exact) mass is 462 g/mol. The van der Waals surface area contributed by atoms with Crippen LogP contribution in [0.2, 0.25) is 5.02 Å². The van der Waals surface area contributed by atoms with Crippen molar-refractivity contribution in [2.24, 2.45) is 0 Å². The number of carbonyl (C=O) groups is 1. The number of hydrogen-bond acceptors (Lipinski definition) is 4. The summed E-state index contributed by atoms with van der Waals surface area (Å²) in [4.78, 5) is 18.6. The third-order valence-electron chi connectivity index (χ3n) is 6.02. The minimum Gasteiger partial charge on any atom is -0.497 e. The fourth-order valence-corrected chi connectivity index (χ4v) is 4.57. The number of nitrogens with one attached hydrogen (secondary N) is 1. The Morgan fingerprint density at radius 2 is 1.58 bits per heavy atom. The van der Waals surface area contributed by atoms with Crippen LogP contribution in [0.25, 0.3) is 10.9 Å². The van der Waals surface area contributed by atoms with Gasteiger partial charge in [0.25, 0.3) is 0 Å². The highest BCUT2D eigenvalue weighted by Crippen LogP contribution is 2.40. The Balaban J connectivity index is 1.54. The number of methoxy groups -OCH3 is 2. The summed E-state index contributed by atoms with van der Waals surface area (Å²) >= 11 is 6.27. The first-order valence-corrected chi connectivity index (χ1v) is 11.0. The first-order chi connectivity index (χ1) is 16.1. The first-order valence-electron chi connectivity index (χ1n) is 10.6. The highest BCUT2D eigenvalue weighted by atomic mass is 35.5. The van der Waals surface area contributed by atoms with Crippen molar-refractivity contribution in [3.8, 4) is 17.2 Å². The number of halogens is 1. The molecule has 3 aromatic carbocycles. The maximum atomic E-state index is 13.3. The van der Waals surface area contributed by atoms with Crippen LogP contribution in [0, 0.1) is 0 Å². The van der Waals surface area contributed by atoms with Crippen molar-refractivity contribution in [3.05, 3.63) is 88.6 Å². The van der Waals surface area contributed by atoms with Crippen LogP contribution in [0.3, 0.4) is 0 Å². The summed E-state index contributed by atoms with van der Waals surface area (Å²) in [7, 11) is 3.23. The normalized spacial score (nSPS) is 15.2. The summed E-state index contributed by atoms with van der Waals surface area (Å²) < 4.78 is 16.2. The van der Waals surface area contributed by atoms with Crippen LogP contribution in [-0.2, 0) is 6.42 Å². The fourth-order valence-electron chi connectivity index (χ4n) is 4.39. The van der Waals surface area contributed by atoms with Gasteiger partial charge in [-0.1, -0.05) is 23.7 Å². The highest BCUT2D eigenvalue weighted by molar-refractivity contribution is 6.31. The topological polar surface area (TPSA) is 63.8 Å². The molecule has 0 saturated carbocycles. The average Bonchev–Trinajstić information content (AvgIpc) is 3.21. The molecule has 0 bridgehead atoms. The molecule has 1 aliphatic heterocycles. The molecule has 1 amide bonds. The molecule has 4 aromatic rings. The van der Waals surface area contributed by atoms with Crippen LogP contribution in [0.4, 0.5) is 4.79 Å². The van der Waals surface area contributed by atoms with Gasteiger partial charge in [-0.2, -0.15) is 0 Å². The Bertz CT molecular complexity index is 1300. The molecule has 6 nitrogen and oxygen atoms in total. The number of fused-ring (bicyclic) bond motifs is 3. The largest absolute Gasteiger partial charge is 0.497 e. The Labute approximate surface area is 196 Å². The zero-order valence-corrected chi connectivity index (χ0v) is 19.1. The molecule has 5 rings (SSSR count). The smallest absolute Gasteiger partial charge is 0.416 e. The molecule has 0 aliphatic carbocycles. The number of nitrogens with zero attached hydrogens (tertiary/aromatic N) is 1. The molecule has 0 radical (unpaired) electrons. The zero-order chi connectivity index (χ0) is 22.9. The van der Waals surface area contributed by atoms with Gasteiger partial charge in [0.1, 0.15) is 23.3 Å². The second kappa shape index (κ2) is 8.71. The lowest BCUT2D eigenvalue weighted by molar-refractivity contribution is 0.135. The molecule has 7 heteroatoms. The molecule has 1 unspecified atom stereocenters. The van der Waals surface area contributed by atoms with Crippen LogP contribution in [0.5, 0.6) is 17.2 Å². The van der Waals surface area contributed by atoms with Crippen LogP contribution in [-0.4, -0.2) is 36.7 Å². The van der Waals surface area contributed by atoms with E-state index in [1.54, 1.807) is 43.4 Å². The van der Waals surface area contributed by atoms with Gasteiger partial charge >= 0.3 is 6.09 Å². The number of carbonyl (C=O) groups excluding carboxylic acids is 1. The molecule has 33 heavy (non-hydrogen) atoms. The SMILES string of the molecule is COc1ccc(OC(=O)N2CCc3c([nH]c4ccc(Cl)cc34)C2c2ccc(OC)cc2)cc1. The predicted molar refractivity (Wildman–Crippen MR) is 128 cm³/mol. The minimum atomic E-state index is -0.414. The van der Waals surface area contributed by atoms with Crippen LogP contribution >= 0.6 is 11.6 Å². The molecule has 1 N–H and O–H groups in total. The molecule has 0 saturated heterocycles. The van der Waals surface area contributed by atoms with E-state index >= 15 is 0 Å². The molecular formula is C26H23ClN2O4. The van der Waals surface area contributed by atoms with Gasteiger partial charge in [0, 0.05) is 28.2 Å². The summed E-state index contributed by atoms with van der Waals surface area (Å²) in [6, 6.07) is 20.2. The van der Waals surface area contributed by atoms with Crippen molar-refractivity contribution in [2.75, 3.05) is 20.8 Å². The van der Waals surface area contributed by atoms with Gasteiger partial charge in [-0.25, -0.2) is 4.79 Å². The molecule has 1 aromatic heterocycles. The Hall–Kier alpha value is -3.64. The van der Waals surface area contributed by atoms with Gasteiger partial charge in [0.15, 0.2) is 0 Å². The summed E-state index contributed by atoms with van der Waals surface area (Å²) in [5, 5.41) is 1.77. The number of hydrogen-bond donors (Lipinski definition) is 1. The van der Waals surface area contributed by atoms with E-state index in [2.05, 4.69) is 4.98 Å². The molecule has 1 atom stereocenters. The minimum absolute atomic E-state index is 0.337. The second-order valence-electron chi connectivity index (χ2n) is 7.87. The Kier molecular flexibility index (Phi) is 5.60. The second-order valence-corrected chi connectivity index (χ2v) is 8.31. The summed E-state index contributed by atoms with van der Waals surface area (Å²) in [5.74, 6) is 1.92. The number of rotatable bonds is 4. The van der Waals surface area contributed by atoms with Gasteiger partial charge in [0.2, 0.25) is 0 Å². The van der Waals surface area contributed by atoms with E-state index in [4.69, 9.17) is 25.8 Å². The van der Waals surface area contributed by atoms with Gasteiger partial charge in [-0.15, -0.1) is 0 Å². The number of benzene rings is 3. The molecule has 0 spiro atoms.